The van der Waals surface area contributed by atoms with Gasteiger partial charge in [-0.2, -0.15) is 0 Å². The Hall–Kier alpha value is -2.35. The molecule has 0 aromatic carbocycles. The van der Waals surface area contributed by atoms with Gasteiger partial charge in [0.1, 0.15) is 0 Å². The van der Waals surface area contributed by atoms with Gasteiger partial charge in [-0.3, -0.25) is 4.98 Å². The normalized spacial score (nSPS) is 12.6. The van der Waals surface area contributed by atoms with Crippen LogP contribution in [0.25, 0.3) is 5.57 Å². The zero-order chi connectivity index (χ0) is 15.0. The predicted molar refractivity (Wildman–Crippen MR) is 87.9 cm³/mol. The summed E-state index contributed by atoms with van der Waals surface area (Å²) in [6.45, 7) is 12.0. The van der Waals surface area contributed by atoms with Crippen LogP contribution in [0.5, 0.6) is 0 Å². The number of allylic oxidation sites excluding steroid dienone is 7. The summed E-state index contributed by atoms with van der Waals surface area (Å²) in [4.78, 5) is 6.37. The summed E-state index contributed by atoms with van der Waals surface area (Å²) in [6, 6.07) is 5.79. The molecule has 0 radical (unpaired) electrons. The van der Waals surface area contributed by atoms with Gasteiger partial charge < -0.3 is 4.90 Å². The van der Waals surface area contributed by atoms with Gasteiger partial charge >= 0.3 is 0 Å². The first-order chi connectivity index (χ1) is 9.60. The highest BCUT2D eigenvalue weighted by Gasteiger charge is 2.04. The number of aromatic nitrogens is 1. The van der Waals surface area contributed by atoms with Gasteiger partial charge in [0.15, 0.2) is 0 Å². The Kier molecular flexibility index (Phi) is 6.24. The van der Waals surface area contributed by atoms with Crippen LogP contribution in [0.2, 0.25) is 0 Å². The largest absolute Gasteiger partial charge is 0.348 e. The second kappa shape index (κ2) is 7.95. The predicted octanol–water partition coefficient (Wildman–Crippen LogP) is 4.58. The molecule has 1 heterocycles. The maximum Gasteiger partial charge on any atom is 0.0696 e. The van der Waals surface area contributed by atoms with E-state index in [4.69, 9.17) is 0 Å². The van der Waals surface area contributed by atoms with Crippen molar-refractivity contribution in [1.29, 1.82) is 0 Å². The Bertz CT molecular complexity index is 548. The van der Waals surface area contributed by atoms with E-state index in [0.717, 1.165) is 22.7 Å². The zero-order valence-corrected chi connectivity index (χ0v) is 12.5. The van der Waals surface area contributed by atoms with Crippen LogP contribution in [-0.4, -0.2) is 16.9 Å². The van der Waals surface area contributed by atoms with Crippen LogP contribution in [-0.2, 0) is 0 Å². The maximum atomic E-state index is 4.30. The molecule has 0 atom stereocenters. The standard InChI is InChI=1S/C18H22N2/c1-6-8-11-16(4)20(5)17(7-2)14-15(3)18-12-9-10-13-19-18/h6-14H,2-3H2,1,4-5H3/b8-6-,16-11+,17-14?. The molecule has 0 aliphatic heterocycles. The molecule has 0 aliphatic rings. The van der Waals surface area contributed by atoms with Crippen molar-refractivity contribution in [3.05, 3.63) is 85.0 Å². The van der Waals surface area contributed by atoms with Crippen LogP contribution in [0, 0.1) is 0 Å². The molecule has 2 heteroatoms. The van der Waals surface area contributed by atoms with Crippen LogP contribution in [0.15, 0.2) is 79.3 Å². The van der Waals surface area contributed by atoms with Crippen LogP contribution in [0.1, 0.15) is 19.5 Å². The van der Waals surface area contributed by atoms with Gasteiger partial charge in [-0.25, -0.2) is 0 Å². The van der Waals surface area contributed by atoms with E-state index in [0.29, 0.717) is 0 Å². The second-order valence-electron chi connectivity index (χ2n) is 4.41. The molecular formula is C18H22N2. The Labute approximate surface area is 122 Å². The third-order valence-corrected chi connectivity index (χ3v) is 2.97. The number of nitrogens with zero attached hydrogens (tertiary/aromatic N) is 2. The number of hydrogen-bond acceptors (Lipinski definition) is 2. The monoisotopic (exact) mass is 266 g/mol. The highest BCUT2D eigenvalue weighted by atomic mass is 15.1. The Morgan fingerprint density at radius 3 is 2.65 bits per heavy atom. The summed E-state index contributed by atoms with van der Waals surface area (Å²) in [5.41, 5.74) is 3.85. The van der Waals surface area contributed by atoms with Gasteiger partial charge in [0, 0.05) is 24.6 Å². The molecular weight excluding hydrogens is 244 g/mol. The lowest BCUT2D eigenvalue weighted by atomic mass is 10.1. The van der Waals surface area contributed by atoms with E-state index in [2.05, 4.69) is 36.0 Å². The quantitative estimate of drug-likeness (QED) is 0.701. The molecule has 0 spiro atoms. The van der Waals surface area contributed by atoms with E-state index < -0.39 is 0 Å². The zero-order valence-electron chi connectivity index (χ0n) is 12.5. The summed E-state index contributed by atoms with van der Waals surface area (Å²) < 4.78 is 0. The molecule has 0 bridgehead atoms. The van der Waals surface area contributed by atoms with E-state index >= 15 is 0 Å². The minimum atomic E-state index is 0.867. The van der Waals surface area contributed by atoms with Crippen molar-refractivity contribution in [3.8, 4) is 0 Å². The number of likely N-dealkylation sites (N-methyl/N-ethyl adjacent to an activating group) is 1. The lowest BCUT2D eigenvalue weighted by molar-refractivity contribution is 0.538. The van der Waals surface area contributed by atoms with Crippen molar-refractivity contribution in [2.45, 2.75) is 13.8 Å². The Balaban J connectivity index is 2.98. The van der Waals surface area contributed by atoms with E-state index in [1.165, 1.54) is 0 Å². The van der Waals surface area contributed by atoms with E-state index in [-0.39, 0.29) is 0 Å². The number of pyridine rings is 1. The summed E-state index contributed by atoms with van der Waals surface area (Å²) in [5, 5.41) is 0. The van der Waals surface area contributed by atoms with Crippen LogP contribution in [0.3, 0.4) is 0 Å². The van der Waals surface area contributed by atoms with Crippen LogP contribution in [0.4, 0.5) is 0 Å². The highest BCUT2D eigenvalue weighted by molar-refractivity contribution is 5.70. The van der Waals surface area contributed by atoms with Gasteiger partial charge in [0.25, 0.3) is 0 Å². The SMILES string of the molecule is C=CC(=CC(=C)c1ccccn1)N(C)/C(C)=C/C=C\C. The molecule has 1 aromatic heterocycles. The number of rotatable bonds is 6. The molecule has 2 nitrogen and oxygen atoms in total. The van der Waals surface area contributed by atoms with E-state index in [1.807, 2.05) is 56.5 Å². The summed E-state index contributed by atoms with van der Waals surface area (Å²) in [5.74, 6) is 0. The van der Waals surface area contributed by atoms with Crippen molar-refractivity contribution < 1.29 is 0 Å². The molecule has 20 heavy (non-hydrogen) atoms. The summed E-state index contributed by atoms with van der Waals surface area (Å²) >= 11 is 0. The molecule has 0 unspecified atom stereocenters. The molecule has 0 amide bonds. The lowest BCUT2D eigenvalue weighted by Gasteiger charge is -2.21. The van der Waals surface area contributed by atoms with Gasteiger partial charge in [0.2, 0.25) is 0 Å². The van der Waals surface area contributed by atoms with Gasteiger partial charge in [-0.1, -0.05) is 31.4 Å². The first-order valence-electron chi connectivity index (χ1n) is 6.58. The smallest absolute Gasteiger partial charge is 0.0696 e. The Morgan fingerprint density at radius 1 is 1.35 bits per heavy atom. The van der Waals surface area contributed by atoms with E-state index in [9.17, 15) is 0 Å². The van der Waals surface area contributed by atoms with Crippen molar-refractivity contribution in [2.75, 3.05) is 7.05 Å². The molecule has 0 saturated carbocycles. The summed E-state index contributed by atoms with van der Waals surface area (Å²) in [7, 11) is 2.01. The van der Waals surface area contributed by atoms with Crippen LogP contribution < -0.4 is 0 Å². The molecule has 104 valence electrons. The van der Waals surface area contributed by atoms with Gasteiger partial charge in [-0.05, 0) is 49.8 Å². The van der Waals surface area contributed by atoms with Crippen molar-refractivity contribution in [3.63, 3.8) is 0 Å². The minimum absolute atomic E-state index is 0.867. The third-order valence-electron chi connectivity index (χ3n) is 2.97. The fourth-order valence-corrected chi connectivity index (χ4v) is 1.65. The lowest BCUT2D eigenvalue weighted by Crippen LogP contribution is -2.14. The van der Waals surface area contributed by atoms with Gasteiger partial charge in [-0.15, -0.1) is 0 Å². The number of hydrogen-bond donors (Lipinski definition) is 0. The topological polar surface area (TPSA) is 16.1 Å². The summed E-state index contributed by atoms with van der Waals surface area (Å²) in [6.07, 6.45) is 11.6. The first kappa shape index (κ1) is 15.7. The highest BCUT2D eigenvalue weighted by Crippen LogP contribution is 2.17. The fraction of sp³-hybridized carbons (Fsp3) is 0.167. The first-order valence-corrected chi connectivity index (χ1v) is 6.58. The molecule has 0 fully saturated rings. The van der Waals surface area contributed by atoms with Crippen molar-refractivity contribution >= 4 is 5.57 Å². The molecule has 0 N–H and O–H groups in total. The van der Waals surface area contributed by atoms with Crippen molar-refractivity contribution in [2.24, 2.45) is 0 Å². The second-order valence-corrected chi connectivity index (χ2v) is 4.41. The Morgan fingerprint density at radius 2 is 2.10 bits per heavy atom. The molecule has 0 aliphatic carbocycles. The van der Waals surface area contributed by atoms with E-state index in [1.54, 1.807) is 6.20 Å². The van der Waals surface area contributed by atoms with Crippen LogP contribution >= 0.6 is 0 Å². The third kappa shape index (κ3) is 4.39. The van der Waals surface area contributed by atoms with Crippen molar-refractivity contribution in [1.82, 2.24) is 9.88 Å². The molecule has 1 aromatic rings. The molecule has 1 rings (SSSR count). The fourth-order valence-electron chi connectivity index (χ4n) is 1.65. The average Bonchev–Trinajstić information content (AvgIpc) is 2.50. The van der Waals surface area contributed by atoms with Gasteiger partial charge in [0.05, 0.1) is 5.69 Å². The minimum Gasteiger partial charge on any atom is -0.348 e. The maximum absolute atomic E-state index is 4.30. The average molecular weight is 266 g/mol. The molecule has 0 saturated heterocycles.